The van der Waals surface area contributed by atoms with E-state index in [2.05, 4.69) is 15.4 Å². The SMILES string of the molecule is CCOc1ccc(CC(=O)NC(C)c2ccsc2)cc1S(=O)(=O)NC(=S)NC. The number of carbonyl (C=O) groups excluding carboxylic acids is 1. The molecule has 0 aliphatic heterocycles. The van der Waals surface area contributed by atoms with Crippen LogP contribution < -0.4 is 20.1 Å². The van der Waals surface area contributed by atoms with E-state index in [9.17, 15) is 13.2 Å². The minimum atomic E-state index is -3.95. The molecule has 1 amide bonds. The molecule has 1 unspecified atom stereocenters. The van der Waals surface area contributed by atoms with E-state index in [4.69, 9.17) is 17.0 Å². The summed E-state index contributed by atoms with van der Waals surface area (Å²) in [6.07, 6.45) is 0.0415. The van der Waals surface area contributed by atoms with E-state index >= 15 is 0 Å². The molecule has 3 N–H and O–H groups in total. The summed E-state index contributed by atoms with van der Waals surface area (Å²) in [5.74, 6) is -0.00499. The van der Waals surface area contributed by atoms with Gasteiger partial charge in [-0.25, -0.2) is 8.42 Å². The van der Waals surface area contributed by atoms with Crippen molar-refractivity contribution in [3.8, 4) is 5.75 Å². The molecule has 10 heteroatoms. The quantitative estimate of drug-likeness (QED) is 0.544. The fraction of sp³-hybridized carbons (Fsp3) is 0.333. The smallest absolute Gasteiger partial charge is 0.267 e. The van der Waals surface area contributed by atoms with Gasteiger partial charge in [0.15, 0.2) is 5.11 Å². The molecule has 0 spiro atoms. The predicted molar refractivity (Wildman–Crippen MR) is 114 cm³/mol. The number of hydrogen-bond donors (Lipinski definition) is 3. The number of thiocarbonyl (C=S) groups is 1. The third-order valence-electron chi connectivity index (χ3n) is 3.84. The molecule has 1 aromatic carbocycles. The van der Waals surface area contributed by atoms with E-state index in [0.717, 1.165) is 5.56 Å². The highest BCUT2D eigenvalue weighted by Gasteiger charge is 2.22. The zero-order valence-electron chi connectivity index (χ0n) is 15.8. The van der Waals surface area contributed by atoms with E-state index in [-0.39, 0.29) is 34.1 Å². The molecule has 0 saturated heterocycles. The van der Waals surface area contributed by atoms with Gasteiger partial charge in [-0.15, -0.1) is 0 Å². The zero-order valence-corrected chi connectivity index (χ0v) is 18.3. The molecule has 0 radical (unpaired) electrons. The van der Waals surface area contributed by atoms with Gasteiger partial charge in [-0.05, 0) is 66.2 Å². The Morgan fingerprint density at radius 1 is 1.32 bits per heavy atom. The summed E-state index contributed by atoms with van der Waals surface area (Å²) in [4.78, 5) is 12.3. The highest BCUT2D eigenvalue weighted by Crippen LogP contribution is 2.26. The highest BCUT2D eigenvalue weighted by atomic mass is 32.2. The number of hydrogen-bond acceptors (Lipinski definition) is 6. The van der Waals surface area contributed by atoms with Crippen LogP contribution in [0.2, 0.25) is 0 Å². The molecule has 2 rings (SSSR count). The lowest BCUT2D eigenvalue weighted by Gasteiger charge is -2.15. The van der Waals surface area contributed by atoms with Crippen molar-refractivity contribution in [3.63, 3.8) is 0 Å². The second-order valence-corrected chi connectivity index (χ2v) is 8.76. The van der Waals surface area contributed by atoms with Crippen LogP contribution in [0.5, 0.6) is 5.75 Å². The van der Waals surface area contributed by atoms with Gasteiger partial charge in [-0.2, -0.15) is 11.3 Å². The van der Waals surface area contributed by atoms with Crippen LogP contribution in [0.4, 0.5) is 0 Å². The molecule has 0 fully saturated rings. The van der Waals surface area contributed by atoms with Gasteiger partial charge in [0.1, 0.15) is 10.6 Å². The predicted octanol–water partition coefficient (Wildman–Crippen LogP) is 2.35. The maximum absolute atomic E-state index is 12.7. The Labute approximate surface area is 174 Å². The van der Waals surface area contributed by atoms with Crippen LogP contribution in [-0.4, -0.2) is 33.1 Å². The number of thiophene rings is 1. The van der Waals surface area contributed by atoms with Crippen molar-refractivity contribution in [2.24, 2.45) is 0 Å². The van der Waals surface area contributed by atoms with Crippen LogP contribution in [0, 0.1) is 0 Å². The molecule has 0 saturated carbocycles. The Balaban J connectivity index is 2.21. The van der Waals surface area contributed by atoms with Crippen LogP contribution in [0.25, 0.3) is 0 Å². The summed E-state index contributed by atoms with van der Waals surface area (Å²) >= 11 is 6.46. The first-order valence-corrected chi connectivity index (χ1v) is 11.4. The lowest BCUT2D eigenvalue weighted by atomic mass is 10.1. The number of rotatable bonds is 8. The summed E-state index contributed by atoms with van der Waals surface area (Å²) in [5, 5.41) is 9.36. The van der Waals surface area contributed by atoms with Crippen LogP contribution >= 0.6 is 23.6 Å². The Morgan fingerprint density at radius 2 is 2.07 bits per heavy atom. The fourth-order valence-corrected chi connectivity index (χ4v) is 4.70. The van der Waals surface area contributed by atoms with E-state index in [1.54, 1.807) is 30.4 Å². The minimum Gasteiger partial charge on any atom is -0.492 e. The monoisotopic (exact) mass is 441 g/mol. The summed E-state index contributed by atoms with van der Waals surface area (Å²) in [6.45, 7) is 3.96. The normalized spacial score (nSPS) is 12.1. The van der Waals surface area contributed by atoms with Gasteiger partial charge in [-0.3, -0.25) is 9.52 Å². The number of ether oxygens (including phenoxy) is 1. The molecule has 0 bridgehead atoms. The molecule has 28 heavy (non-hydrogen) atoms. The van der Waals surface area contributed by atoms with Gasteiger partial charge >= 0.3 is 0 Å². The summed E-state index contributed by atoms with van der Waals surface area (Å²) in [6, 6.07) is 6.48. The first-order valence-electron chi connectivity index (χ1n) is 8.58. The fourth-order valence-electron chi connectivity index (χ4n) is 2.46. The Bertz CT molecular complexity index is 928. The third kappa shape index (κ3) is 5.91. The molecule has 0 aliphatic rings. The Hall–Kier alpha value is -2.17. The van der Waals surface area contributed by atoms with Crippen LogP contribution in [0.3, 0.4) is 0 Å². The average molecular weight is 442 g/mol. The number of benzene rings is 1. The lowest BCUT2D eigenvalue weighted by molar-refractivity contribution is -0.121. The van der Waals surface area contributed by atoms with Crippen molar-refractivity contribution >= 4 is 44.6 Å². The lowest BCUT2D eigenvalue weighted by Crippen LogP contribution is -2.37. The van der Waals surface area contributed by atoms with Gasteiger partial charge in [-0.1, -0.05) is 6.07 Å². The Kier molecular flexibility index (Phi) is 7.78. The summed E-state index contributed by atoms with van der Waals surface area (Å²) in [5.41, 5.74) is 1.58. The van der Waals surface area contributed by atoms with E-state index in [1.165, 1.54) is 13.1 Å². The maximum atomic E-state index is 12.7. The number of carbonyl (C=O) groups is 1. The van der Waals surface area contributed by atoms with Gasteiger partial charge in [0.05, 0.1) is 19.1 Å². The number of nitrogens with one attached hydrogen (secondary N) is 3. The van der Waals surface area contributed by atoms with Crippen molar-refractivity contribution in [3.05, 3.63) is 46.2 Å². The standard InChI is InChI=1S/C18H23N3O4S3/c1-4-25-15-6-5-13(9-16(15)28(23,24)21-18(26)19-3)10-17(22)20-12(2)14-7-8-27-11-14/h5-9,11-12H,4,10H2,1-3H3,(H,20,22)(H2,19,21,26). The maximum Gasteiger partial charge on any atom is 0.267 e. The van der Waals surface area contributed by atoms with E-state index < -0.39 is 10.0 Å². The van der Waals surface area contributed by atoms with E-state index in [0.29, 0.717) is 12.2 Å². The molecular weight excluding hydrogens is 418 g/mol. The molecule has 1 atom stereocenters. The molecule has 7 nitrogen and oxygen atoms in total. The second kappa shape index (κ2) is 9.85. The van der Waals surface area contributed by atoms with Gasteiger partial charge in [0, 0.05) is 7.05 Å². The van der Waals surface area contributed by atoms with Crippen molar-refractivity contribution in [1.82, 2.24) is 15.4 Å². The third-order valence-corrected chi connectivity index (χ3v) is 6.34. The van der Waals surface area contributed by atoms with Crippen molar-refractivity contribution < 1.29 is 17.9 Å². The van der Waals surface area contributed by atoms with Crippen molar-refractivity contribution in [1.29, 1.82) is 0 Å². The number of amides is 1. The van der Waals surface area contributed by atoms with Crippen LogP contribution in [0.15, 0.2) is 39.9 Å². The first-order chi connectivity index (χ1) is 13.3. The van der Waals surface area contributed by atoms with Gasteiger partial charge in [0.25, 0.3) is 10.0 Å². The van der Waals surface area contributed by atoms with Crippen LogP contribution in [-0.2, 0) is 21.2 Å². The Morgan fingerprint density at radius 3 is 2.68 bits per heavy atom. The molecule has 0 aliphatic carbocycles. The first kappa shape index (κ1) is 22.1. The molecule has 2 aromatic rings. The molecule has 152 valence electrons. The van der Waals surface area contributed by atoms with E-state index in [1.807, 2.05) is 23.8 Å². The largest absolute Gasteiger partial charge is 0.492 e. The molecule has 1 aromatic heterocycles. The minimum absolute atomic E-state index is 0.0322. The van der Waals surface area contributed by atoms with Crippen molar-refractivity contribution in [2.45, 2.75) is 31.2 Å². The average Bonchev–Trinajstić information content (AvgIpc) is 3.17. The molecule has 1 heterocycles. The summed E-state index contributed by atoms with van der Waals surface area (Å²) in [7, 11) is -2.43. The molecular formula is C18H23N3O4S3. The van der Waals surface area contributed by atoms with Crippen LogP contribution in [0.1, 0.15) is 31.0 Å². The topological polar surface area (TPSA) is 96.5 Å². The second-order valence-electron chi connectivity index (χ2n) is 5.92. The van der Waals surface area contributed by atoms with Crippen molar-refractivity contribution in [2.75, 3.05) is 13.7 Å². The number of sulfonamides is 1. The zero-order chi connectivity index (χ0) is 20.7. The van der Waals surface area contributed by atoms with Gasteiger partial charge in [0.2, 0.25) is 5.91 Å². The summed E-state index contributed by atoms with van der Waals surface area (Å²) < 4.78 is 33.0. The van der Waals surface area contributed by atoms with Gasteiger partial charge < -0.3 is 15.4 Å². The highest BCUT2D eigenvalue weighted by molar-refractivity contribution is 7.92.